The third-order valence-electron chi connectivity index (χ3n) is 2.57. The van der Waals surface area contributed by atoms with Crippen LogP contribution in [0.1, 0.15) is 24.0 Å². The number of nitrogens with zero attached hydrogens (tertiary/aromatic N) is 2. The minimum Gasteiger partial charge on any atom is -0.311 e. The standard InChI is InChI=1S/C14H16ClN3/c1-2-16-10-13-6-7-17-14(18-13)9-11-4-3-5-12(15)8-11/h3-8,16H,2,9-10H2,1H3. The van der Waals surface area contributed by atoms with Crippen molar-refractivity contribution in [1.82, 2.24) is 15.3 Å². The highest BCUT2D eigenvalue weighted by Gasteiger charge is 2.01. The molecule has 0 radical (unpaired) electrons. The molecule has 2 rings (SSSR count). The maximum Gasteiger partial charge on any atom is 0.132 e. The largest absolute Gasteiger partial charge is 0.311 e. The zero-order valence-corrected chi connectivity index (χ0v) is 11.1. The second-order valence-corrected chi connectivity index (χ2v) is 4.49. The van der Waals surface area contributed by atoms with E-state index in [2.05, 4.69) is 22.2 Å². The molecule has 94 valence electrons. The molecular formula is C14H16ClN3. The average Bonchev–Trinajstić information content (AvgIpc) is 2.37. The number of rotatable bonds is 5. The molecule has 1 heterocycles. The van der Waals surface area contributed by atoms with Crippen LogP contribution in [0.25, 0.3) is 0 Å². The number of halogens is 1. The average molecular weight is 262 g/mol. The molecule has 0 saturated heterocycles. The lowest BCUT2D eigenvalue weighted by atomic mass is 10.1. The summed E-state index contributed by atoms with van der Waals surface area (Å²) in [5, 5.41) is 4.00. The minimum absolute atomic E-state index is 0.709. The minimum atomic E-state index is 0.709. The van der Waals surface area contributed by atoms with E-state index in [0.717, 1.165) is 35.2 Å². The molecular weight excluding hydrogens is 246 g/mol. The van der Waals surface area contributed by atoms with Crippen LogP contribution >= 0.6 is 11.6 Å². The van der Waals surface area contributed by atoms with Crippen LogP contribution in [0.5, 0.6) is 0 Å². The lowest BCUT2D eigenvalue weighted by molar-refractivity contribution is 0.702. The predicted octanol–water partition coefficient (Wildman–Crippen LogP) is 2.83. The first kappa shape index (κ1) is 13.0. The van der Waals surface area contributed by atoms with Gasteiger partial charge in [-0.25, -0.2) is 9.97 Å². The molecule has 1 N–H and O–H groups in total. The normalized spacial score (nSPS) is 10.6. The number of benzene rings is 1. The zero-order valence-electron chi connectivity index (χ0n) is 10.4. The summed E-state index contributed by atoms with van der Waals surface area (Å²) in [7, 11) is 0. The fourth-order valence-corrected chi connectivity index (χ4v) is 1.92. The van der Waals surface area contributed by atoms with E-state index in [-0.39, 0.29) is 0 Å². The first-order valence-electron chi connectivity index (χ1n) is 6.04. The first-order valence-corrected chi connectivity index (χ1v) is 6.41. The van der Waals surface area contributed by atoms with Crippen molar-refractivity contribution in [3.8, 4) is 0 Å². The van der Waals surface area contributed by atoms with Gasteiger partial charge in [-0.05, 0) is 30.3 Å². The number of aromatic nitrogens is 2. The summed E-state index contributed by atoms with van der Waals surface area (Å²) in [4.78, 5) is 8.81. The summed E-state index contributed by atoms with van der Waals surface area (Å²) in [6.45, 7) is 3.79. The van der Waals surface area contributed by atoms with Crippen LogP contribution in [0, 0.1) is 0 Å². The number of hydrogen-bond acceptors (Lipinski definition) is 3. The Kier molecular flexibility index (Phi) is 4.67. The Labute approximate surface area is 112 Å². The molecule has 3 nitrogen and oxygen atoms in total. The van der Waals surface area contributed by atoms with Gasteiger partial charge in [-0.3, -0.25) is 0 Å². The van der Waals surface area contributed by atoms with Gasteiger partial charge in [0.15, 0.2) is 0 Å². The molecule has 0 aliphatic rings. The zero-order chi connectivity index (χ0) is 12.8. The second kappa shape index (κ2) is 6.47. The third-order valence-corrected chi connectivity index (χ3v) is 2.81. The highest BCUT2D eigenvalue weighted by atomic mass is 35.5. The Morgan fingerprint density at radius 3 is 2.94 bits per heavy atom. The van der Waals surface area contributed by atoms with E-state index in [4.69, 9.17) is 11.6 Å². The summed E-state index contributed by atoms with van der Waals surface area (Å²) in [6, 6.07) is 9.73. The summed E-state index contributed by atoms with van der Waals surface area (Å²) in [5.41, 5.74) is 2.15. The summed E-state index contributed by atoms with van der Waals surface area (Å²) < 4.78 is 0. The third kappa shape index (κ3) is 3.79. The van der Waals surface area contributed by atoms with Crippen LogP contribution < -0.4 is 5.32 Å². The molecule has 18 heavy (non-hydrogen) atoms. The van der Waals surface area contributed by atoms with E-state index >= 15 is 0 Å². The Balaban J connectivity index is 2.09. The van der Waals surface area contributed by atoms with Gasteiger partial charge in [-0.2, -0.15) is 0 Å². The monoisotopic (exact) mass is 261 g/mol. The van der Waals surface area contributed by atoms with E-state index in [1.807, 2.05) is 30.3 Å². The maximum absolute atomic E-state index is 5.96. The van der Waals surface area contributed by atoms with Gasteiger partial charge in [0.2, 0.25) is 0 Å². The van der Waals surface area contributed by atoms with Gasteiger partial charge in [-0.15, -0.1) is 0 Å². The number of nitrogens with one attached hydrogen (secondary N) is 1. The fraction of sp³-hybridized carbons (Fsp3) is 0.286. The van der Waals surface area contributed by atoms with Crippen molar-refractivity contribution in [3.63, 3.8) is 0 Å². The van der Waals surface area contributed by atoms with Crippen molar-refractivity contribution in [2.24, 2.45) is 0 Å². The smallest absolute Gasteiger partial charge is 0.132 e. The summed E-state index contributed by atoms with van der Waals surface area (Å²) in [6.07, 6.45) is 2.51. The van der Waals surface area contributed by atoms with Crippen LogP contribution in [0.15, 0.2) is 36.5 Å². The van der Waals surface area contributed by atoms with E-state index in [9.17, 15) is 0 Å². The quantitative estimate of drug-likeness (QED) is 0.899. The Morgan fingerprint density at radius 1 is 1.28 bits per heavy atom. The van der Waals surface area contributed by atoms with Crippen molar-refractivity contribution in [3.05, 3.63) is 58.6 Å². The highest BCUT2D eigenvalue weighted by molar-refractivity contribution is 6.30. The lowest BCUT2D eigenvalue weighted by Crippen LogP contribution is -2.13. The molecule has 0 bridgehead atoms. The molecule has 0 aliphatic heterocycles. The Hall–Kier alpha value is -1.45. The van der Waals surface area contributed by atoms with Crippen molar-refractivity contribution < 1.29 is 0 Å². The Morgan fingerprint density at radius 2 is 2.17 bits per heavy atom. The fourth-order valence-electron chi connectivity index (χ4n) is 1.71. The van der Waals surface area contributed by atoms with Gasteiger partial charge in [0.1, 0.15) is 5.82 Å². The van der Waals surface area contributed by atoms with Gasteiger partial charge in [0.05, 0.1) is 5.69 Å². The molecule has 0 spiro atoms. The van der Waals surface area contributed by atoms with Gasteiger partial charge in [-0.1, -0.05) is 30.7 Å². The lowest BCUT2D eigenvalue weighted by Gasteiger charge is -2.04. The topological polar surface area (TPSA) is 37.8 Å². The van der Waals surface area contributed by atoms with Crippen LogP contribution in [-0.2, 0) is 13.0 Å². The van der Waals surface area contributed by atoms with Crippen LogP contribution in [0.4, 0.5) is 0 Å². The van der Waals surface area contributed by atoms with Crippen molar-refractivity contribution in [1.29, 1.82) is 0 Å². The van der Waals surface area contributed by atoms with Gasteiger partial charge >= 0.3 is 0 Å². The van der Waals surface area contributed by atoms with E-state index in [0.29, 0.717) is 6.42 Å². The molecule has 4 heteroatoms. The second-order valence-electron chi connectivity index (χ2n) is 4.05. The first-order chi connectivity index (χ1) is 8.78. The van der Waals surface area contributed by atoms with E-state index in [1.165, 1.54) is 0 Å². The van der Waals surface area contributed by atoms with Gasteiger partial charge in [0.25, 0.3) is 0 Å². The molecule has 2 aromatic rings. The molecule has 0 fully saturated rings. The molecule has 0 unspecified atom stereocenters. The van der Waals surface area contributed by atoms with Crippen LogP contribution in [-0.4, -0.2) is 16.5 Å². The molecule has 1 aromatic carbocycles. The van der Waals surface area contributed by atoms with Gasteiger partial charge < -0.3 is 5.32 Å². The van der Waals surface area contributed by atoms with Crippen molar-refractivity contribution in [2.75, 3.05) is 6.54 Å². The van der Waals surface area contributed by atoms with Crippen LogP contribution in [0.2, 0.25) is 5.02 Å². The SMILES string of the molecule is CCNCc1ccnc(Cc2cccc(Cl)c2)n1. The highest BCUT2D eigenvalue weighted by Crippen LogP contribution is 2.13. The predicted molar refractivity (Wildman–Crippen MR) is 73.7 cm³/mol. The van der Waals surface area contributed by atoms with Crippen molar-refractivity contribution >= 4 is 11.6 Å². The molecule has 0 atom stereocenters. The maximum atomic E-state index is 5.96. The van der Waals surface area contributed by atoms with Crippen molar-refractivity contribution in [2.45, 2.75) is 19.9 Å². The van der Waals surface area contributed by atoms with E-state index in [1.54, 1.807) is 6.20 Å². The summed E-state index contributed by atoms with van der Waals surface area (Å²) >= 11 is 5.96. The molecule has 1 aromatic heterocycles. The molecule has 0 amide bonds. The van der Waals surface area contributed by atoms with Gasteiger partial charge in [0, 0.05) is 24.2 Å². The summed E-state index contributed by atoms with van der Waals surface area (Å²) in [5.74, 6) is 0.827. The van der Waals surface area contributed by atoms with E-state index < -0.39 is 0 Å². The molecule has 0 saturated carbocycles. The molecule has 0 aliphatic carbocycles. The number of hydrogen-bond donors (Lipinski definition) is 1. The Bertz CT molecular complexity index is 514. The van der Waals surface area contributed by atoms with Crippen LogP contribution in [0.3, 0.4) is 0 Å².